The third-order valence-corrected chi connectivity index (χ3v) is 5.34. The molecule has 0 saturated carbocycles. The minimum atomic E-state index is 0.514. The van der Waals surface area contributed by atoms with Gasteiger partial charge in [-0.05, 0) is 47.7 Å². The van der Waals surface area contributed by atoms with Crippen LogP contribution in [0.4, 0.5) is 11.4 Å². The summed E-state index contributed by atoms with van der Waals surface area (Å²) in [6.45, 7) is 10.8. The van der Waals surface area contributed by atoms with Crippen LogP contribution >= 0.6 is 0 Å². The van der Waals surface area contributed by atoms with E-state index in [2.05, 4.69) is 67.0 Å². The van der Waals surface area contributed by atoms with Crippen molar-refractivity contribution in [1.82, 2.24) is 0 Å². The van der Waals surface area contributed by atoms with Crippen LogP contribution in [0, 0.1) is 0 Å². The van der Waals surface area contributed by atoms with Crippen LogP contribution in [0.25, 0.3) is 0 Å². The zero-order valence-corrected chi connectivity index (χ0v) is 16.0. The van der Waals surface area contributed by atoms with Gasteiger partial charge in [0, 0.05) is 0 Å². The van der Waals surface area contributed by atoms with Gasteiger partial charge >= 0.3 is 0 Å². The summed E-state index contributed by atoms with van der Waals surface area (Å²) < 4.78 is 11.8. The Hall–Kier alpha value is -2.36. The van der Waals surface area contributed by atoms with Gasteiger partial charge in [-0.2, -0.15) is 0 Å². The summed E-state index contributed by atoms with van der Waals surface area (Å²) in [6, 6.07) is 13.2. The Bertz CT molecular complexity index is 788. The van der Waals surface area contributed by atoms with E-state index in [9.17, 15) is 0 Å². The van der Waals surface area contributed by atoms with E-state index in [0.29, 0.717) is 5.92 Å². The summed E-state index contributed by atoms with van der Waals surface area (Å²) in [6.07, 6.45) is 1.03. The molecule has 0 N–H and O–H groups in total. The van der Waals surface area contributed by atoms with Crippen molar-refractivity contribution in [3.05, 3.63) is 47.5 Å². The molecule has 2 aromatic carbocycles. The van der Waals surface area contributed by atoms with Gasteiger partial charge in [0.15, 0.2) is 0 Å². The van der Waals surface area contributed by atoms with E-state index in [0.717, 1.165) is 50.9 Å². The highest BCUT2D eigenvalue weighted by Crippen LogP contribution is 2.37. The van der Waals surface area contributed by atoms with Crippen molar-refractivity contribution in [2.24, 2.45) is 0 Å². The van der Waals surface area contributed by atoms with Crippen molar-refractivity contribution in [3.8, 4) is 11.5 Å². The maximum absolute atomic E-state index is 5.92. The Morgan fingerprint density at radius 1 is 0.885 bits per heavy atom. The Morgan fingerprint density at radius 2 is 1.62 bits per heavy atom. The number of hydrogen-bond acceptors (Lipinski definition) is 4. The SMILES string of the molecule is CCc1ccc2c(c1)OCCN2CN1CCOc2ccc(C(C)C)cc21. The number of anilines is 2. The average Bonchev–Trinajstić information content (AvgIpc) is 2.67. The predicted molar refractivity (Wildman–Crippen MR) is 107 cm³/mol. The molecule has 4 heteroatoms. The minimum Gasteiger partial charge on any atom is -0.490 e. The summed E-state index contributed by atoms with van der Waals surface area (Å²) in [5.74, 6) is 2.52. The molecule has 0 spiro atoms. The Labute approximate surface area is 156 Å². The monoisotopic (exact) mass is 352 g/mol. The fourth-order valence-corrected chi connectivity index (χ4v) is 3.69. The number of aryl methyl sites for hydroxylation is 1. The van der Waals surface area contributed by atoms with Crippen LogP contribution in [0.15, 0.2) is 36.4 Å². The lowest BCUT2D eigenvalue weighted by Crippen LogP contribution is -2.45. The third kappa shape index (κ3) is 3.20. The summed E-state index contributed by atoms with van der Waals surface area (Å²) in [7, 11) is 0. The molecule has 0 aliphatic carbocycles. The molecule has 2 heterocycles. The molecule has 0 unspecified atom stereocenters. The molecule has 0 radical (unpaired) electrons. The number of ether oxygens (including phenoxy) is 2. The second-order valence-corrected chi connectivity index (χ2v) is 7.40. The Morgan fingerprint density at radius 3 is 2.35 bits per heavy atom. The lowest BCUT2D eigenvalue weighted by atomic mass is 10.0. The van der Waals surface area contributed by atoms with Crippen LogP contribution in [-0.4, -0.2) is 33.0 Å². The van der Waals surface area contributed by atoms with E-state index in [1.165, 1.54) is 22.5 Å². The number of hydrogen-bond donors (Lipinski definition) is 0. The zero-order valence-electron chi connectivity index (χ0n) is 16.0. The number of fused-ring (bicyclic) bond motifs is 2. The van der Waals surface area contributed by atoms with E-state index in [4.69, 9.17) is 9.47 Å². The summed E-state index contributed by atoms with van der Waals surface area (Å²) in [5, 5.41) is 0. The smallest absolute Gasteiger partial charge is 0.143 e. The third-order valence-electron chi connectivity index (χ3n) is 5.34. The van der Waals surface area contributed by atoms with Crippen LogP contribution in [0.2, 0.25) is 0 Å². The predicted octanol–water partition coefficient (Wildman–Crippen LogP) is 4.43. The molecule has 0 atom stereocenters. The largest absolute Gasteiger partial charge is 0.490 e. The van der Waals surface area contributed by atoms with Gasteiger partial charge in [-0.25, -0.2) is 0 Å². The van der Waals surface area contributed by atoms with Gasteiger partial charge < -0.3 is 19.3 Å². The van der Waals surface area contributed by atoms with Gasteiger partial charge in [-0.3, -0.25) is 0 Å². The maximum Gasteiger partial charge on any atom is 0.143 e. The highest BCUT2D eigenvalue weighted by molar-refractivity contribution is 5.65. The topological polar surface area (TPSA) is 24.9 Å². The first-order chi connectivity index (χ1) is 12.7. The van der Waals surface area contributed by atoms with Crippen molar-refractivity contribution in [1.29, 1.82) is 0 Å². The van der Waals surface area contributed by atoms with Crippen LogP contribution in [0.1, 0.15) is 37.8 Å². The molecule has 4 nitrogen and oxygen atoms in total. The van der Waals surface area contributed by atoms with E-state index in [-0.39, 0.29) is 0 Å². The number of benzene rings is 2. The summed E-state index contributed by atoms with van der Waals surface area (Å²) in [4.78, 5) is 4.86. The molecule has 138 valence electrons. The molecule has 0 bridgehead atoms. The van der Waals surface area contributed by atoms with Gasteiger partial charge in [0.25, 0.3) is 0 Å². The normalized spacial score (nSPS) is 16.0. The first-order valence-electron chi connectivity index (χ1n) is 9.68. The highest BCUT2D eigenvalue weighted by atomic mass is 16.5. The molecule has 2 aliphatic rings. The number of rotatable bonds is 4. The van der Waals surface area contributed by atoms with Crippen molar-refractivity contribution in [3.63, 3.8) is 0 Å². The maximum atomic E-state index is 5.92. The molecule has 0 aromatic heterocycles. The van der Waals surface area contributed by atoms with Crippen LogP contribution in [-0.2, 0) is 6.42 Å². The van der Waals surface area contributed by atoms with E-state index in [1.807, 2.05) is 0 Å². The molecular weight excluding hydrogens is 324 g/mol. The van der Waals surface area contributed by atoms with Gasteiger partial charge in [0.1, 0.15) is 24.7 Å². The lowest BCUT2D eigenvalue weighted by Gasteiger charge is -2.39. The minimum absolute atomic E-state index is 0.514. The van der Waals surface area contributed by atoms with Gasteiger partial charge in [-0.15, -0.1) is 0 Å². The molecule has 0 amide bonds. The first kappa shape index (κ1) is 17.1. The Balaban J connectivity index is 1.61. The molecule has 0 saturated heterocycles. The summed E-state index contributed by atoms with van der Waals surface area (Å²) >= 11 is 0. The quantitative estimate of drug-likeness (QED) is 0.813. The van der Waals surface area contributed by atoms with E-state index in [1.54, 1.807) is 0 Å². The van der Waals surface area contributed by atoms with Crippen LogP contribution in [0.3, 0.4) is 0 Å². The van der Waals surface area contributed by atoms with Gasteiger partial charge in [-0.1, -0.05) is 32.9 Å². The van der Waals surface area contributed by atoms with E-state index >= 15 is 0 Å². The fourth-order valence-electron chi connectivity index (χ4n) is 3.69. The second kappa shape index (κ2) is 7.10. The Kier molecular flexibility index (Phi) is 4.66. The first-order valence-corrected chi connectivity index (χ1v) is 9.68. The molecule has 0 fully saturated rings. The molecular formula is C22H28N2O2. The van der Waals surface area contributed by atoms with Crippen molar-refractivity contribution < 1.29 is 9.47 Å². The van der Waals surface area contributed by atoms with E-state index < -0.39 is 0 Å². The lowest BCUT2D eigenvalue weighted by molar-refractivity contribution is 0.295. The van der Waals surface area contributed by atoms with Crippen molar-refractivity contribution in [2.75, 3.05) is 42.8 Å². The second-order valence-electron chi connectivity index (χ2n) is 7.40. The molecule has 26 heavy (non-hydrogen) atoms. The summed E-state index contributed by atoms with van der Waals surface area (Å²) in [5.41, 5.74) is 5.08. The molecule has 4 rings (SSSR count). The van der Waals surface area contributed by atoms with Crippen molar-refractivity contribution >= 4 is 11.4 Å². The van der Waals surface area contributed by atoms with Gasteiger partial charge in [0.2, 0.25) is 0 Å². The average molecular weight is 352 g/mol. The van der Waals surface area contributed by atoms with Crippen LogP contribution in [0.5, 0.6) is 11.5 Å². The highest BCUT2D eigenvalue weighted by Gasteiger charge is 2.24. The standard InChI is InChI=1S/C22H28N2O2/c1-4-17-5-7-19-22(13-17)26-12-9-23(19)15-24-10-11-25-21-8-6-18(16(2)3)14-20(21)24/h5-8,13-14,16H,4,9-12,15H2,1-3H3. The van der Waals surface area contributed by atoms with Crippen molar-refractivity contribution in [2.45, 2.75) is 33.1 Å². The zero-order chi connectivity index (χ0) is 18.1. The fraction of sp³-hybridized carbons (Fsp3) is 0.455. The number of nitrogens with zero attached hydrogens (tertiary/aromatic N) is 2. The molecule has 2 aliphatic heterocycles. The molecule has 2 aromatic rings. The van der Waals surface area contributed by atoms with Gasteiger partial charge in [0.05, 0.1) is 31.1 Å². The van der Waals surface area contributed by atoms with Crippen LogP contribution < -0.4 is 19.3 Å².